The van der Waals surface area contributed by atoms with Crippen LogP contribution >= 0.6 is 0 Å². The van der Waals surface area contributed by atoms with Gasteiger partial charge in [-0.3, -0.25) is 0 Å². The Morgan fingerprint density at radius 1 is 1.29 bits per heavy atom. The Kier molecular flexibility index (Phi) is 5.98. The highest BCUT2D eigenvalue weighted by molar-refractivity contribution is 7.89. The van der Waals surface area contributed by atoms with Gasteiger partial charge in [0.05, 0.1) is 24.7 Å². The first-order chi connectivity index (χ1) is 10.1. The Labute approximate surface area is 125 Å². The fourth-order valence-corrected chi connectivity index (χ4v) is 3.26. The summed E-state index contributed by atoms with van der Waals surface area (Å²) in [6.07, 6.45) is 1.93. The predicted octanol–water partition coefficient (Wildman–Crippen LogP) is 0.986. The Balaban J connectivity index is 1.90. The molecule has 0 saturated heterocycles. The minimum absolute atomic E-state index is 0.251. The molecule has 1 aromatic rings. The van der Waals surface area contributed by atoms with Gasteiger partial charge in [0.25, 0.3) is 0 Å². The number of sulfonamides is 1. The zero-order valence-electron chi connectivity index (χ0n) is 12.2. The lowest BCUT2D eigenvalue weighted by Crippen LogP contribution is -2.28. The lowest BCUT2D eigenvalue weighted by atomic mass is 10.0. The van der Waals surface area contributed by atoms with Crippen LogP contribution in [0.2, 0.25) is 0 Å². The van der Waals surface area contributed by atoms with E-state index < -0.39 is 10.0 Å². The van der Waals surface area contributed by atoms with Crippen LogP contribution in [0.25, 0.3) is 0 Å². The number of ether oxygens (including phenoxy) is 2. The van der Waals surface area contributed by atoms with Gasteiger partial charge in [0.15, 0.2) is 0 Å². The van der Waals surface area contributed by atoms with Crippen molar-refractivity contribution in [1.29, 1.82) is 0 Å². The van der Waals surface area contributed by atoms with E-state index in [1.807, 2.05) is 6.07 Å². The number of methoxy groups -OCH3 is 1. The van der Waals surface area contributed by atoms with E-state index in [2.05, 4.69) is 10.0 Å². The van der Waals surface area contributed by atoms with Gasteiger partial charge < -0.3 is 14.8 Å². The van der Waals surface area contributed by atoms with Gasteiger partial charge >= 0.3 is 0 Å². The minimum Gasteiger partial charge on any atom is -0.385 e. The standard InChI is InChI=1S/C14H22N2O4S/c1-19-9-10-20-8-7-16-21(17,18)13-4-5-14-12(11-13)3-2-6-15-14/h4-5,11,15-16H,2-3,6-10H2,1H3. The third-order valence-electron chi connectivity index (χ3n) is 3.30. The summed E-state index contributed by atoms with van der Waals surface area (Å²) in [5, 5.41) is 3.27. The van der Waals surface area contributed by atoms with Crippen LogP contribution in [-0.2, 0) is 25.9 Å². The molecule has 6 nitrogen and oxygen atoms in total. The van der Waals surface area contributed by atoms with Gasteiger partial charge in [-0.1, -0.05) is 0 Å². The summed E-state index contributed by atoms with van der Waals surface area (Å²) >= 11 is 0. The molecule has 118 valence electrons. The summed E-state index contributed by atoms with van der Waals surface area (Å²) in [6.45, 7) is 2.49. The number of benzene rings is 1. The molecular formula is C14H22N2O4S. The van der Waals surface area contributed by atoms with E-state index in [-0.39, 0.29) is 6.54 Å². The smallest absolute Gasteiger partial charge is 0.240 e. The summed E-state index contributed by atoms with van der Waals surface area (Å²) in [5.41, 5.74) is 2.09. The monoisotopic (exact) mass is 314 g/mol. The van der Waals surface area contributed by atoms with Crippen molar-refractivity contribution in [3.8, 4) is 0 Å². The first-order valence-electron chi connectivity index (χ1n) is 7.06. The third-order valence-corrected chi connectivity index (χ3v) is 4.75. The molecular weight excluding hydrogens is 292 g/mol. The van der Waals surface area contributed by atoms with Crippen molar-refractivity contribution in [1.82, 2.24) is 4.72 Å². The second-order valence-corrected chi connectivity index (χ2v) is 6.62. The van der Waals surface area contributed by atoms with Crippen LogP contribution in [-0.4, -0.2) is 48.4 Å². The van der Waals surface area contributed by atoms with Crippen LogP contribution in [0.5, 0.6) is 0 Å². The maximum Gasteiger partial charge on any atom is 0.240 e. The molecule has 1 aliphatic heterocycles. The molecule has 0 aliphatic carbocycles. The van der Waals surface area contributed by atoms with Crippen LogP contribution in [0, 0.1) is 0 Å². The van der Waals surface area contributed by atoms with Crippen molar-refractivity contribution in [3.05, 3.63) is 23.8 Å². The second-order valence-electron chi connectivity index (χ2n) is 4.85. The summed E-state index contributed by atoms with van der Waals surface area (Å²) in [5.74, 6) is 0. The number of hydrogen-bond donors (Lipinski definition) is 2. The van der Waals surface area contributed by atoms with Crippen molar-refractivity contribution < 1.29 is 17.9 Å². The zero-order chi connectivity index (χ0) is 15.1. The normalized spacial score (nSPS) is 14.5. The van der Waals surface area contributed by atoms with Crippen LogP contribution < -0.4 is 10.0 Å². The highest BCUT2D eigenvalue weighted by Gasteiger charge is 2.17. The molecule has 0 unspecified atom stereocenters. The predicted molar refractivity (Wildman–Crippen MR) is 81.1 cm³/mol. The van der Waals surface area contributed by atoms with Gasteiger partial charge in [-0.15, -0.1) is 0 Å². The topological polar surface area (TPSA) is 76.7 Å². The number of rotatable bonds is 8. The van der Waals surface area contributed by atoms with E-state index in [0.717, 1.165) is 30.6 Å². The maximum atomic E-state index is 12.2. The lowest BCUT2D eigenvalue weighted by Gasteiger charge is -2.18. The summed E-state index contributed by atoms with van der Waals surface area (Å²) in [7, 11) is -1.88. The highest BCUT2D eigenvalue weighted by Crippen LogP contribution is 2.24. The fourth-order valence-electron chi connectivity index (χ4n) is 2.19. The SMILES string of the molecule is COCCOCCNS(=O)(=O)c1ccc2c(c1)CCCN2. The van der Waals surface area contributed by atoms with Gasteiger partial charge in [-0.25, -0.2) is 13.1 Å². The molecule has 2 N–H and O–H groups in total. The summed E-state index contributed by atoms with van der Waals surface area (Å²) in [6, 6.07) is 5.21. The van der Waals surface area contributed by atoms with Crippen molar-refractivity contribution in [2.75, 3.05) is 45.3 Å². The third kappa shape index (κ3) is 4.67. The summed E-state index contributed by atoms with van der Waals surface area (Å²) < 4.78 is 37.0. The number of fused-ring (bicyclic) bond motifs is 1. The lowest BCUT2D eigenvalue weighted by molar-refractivity contribution is 0.0736. The molecule has 0 amide bonds. The van der Waals surface area contributed by atoms with Crippen molar-refractivity contribution >= 4 is 15.7 Å². The molecule has 0 atom stereocenters. The Hall–Kier alpha value is -1.15. The second kappa shape index (κ2) is 7.74. The summed E-state index contributed by atoms with van der Waals surface area (Å²) in [4.78, 5) is 0.307. The molecule has 0 spiro atoms. The molecule has 1 aromatic carbocycles. The number of nitrogens with one attached hydrogen (secondary N) is 2. The first-order valence-corrected chi connectivity index (χ1v) is 8.55. The molecule has 21 heavy (non-hydrogen) atoms. The zero-order valence-corrected chi connectivity index (χ0v) is 13.0. The highest BCUT2D eigenvalue weighted by atomic mass is 32.2. The van der Waals surface area contributed by atoms with Crippen molar-refractivity contribution in [3.63, 3.8) is 0 Å². The van der Waals surface area contributed by atoms with Gasteiger partial charge in [-0.2, -0.15) is 0 Å². The molecule has 0 radical (unpaired) electrons. The minimum atomic E-state index is -3.48. The quantitative estimate of drug-likeness (QED) is 0.700. The van der Waals surface area contributed by atoms with Crippen LogP contribution in [0.1, 0.15) is 12.0 Å². The van der Waals surface area contributed by atoms with Crippen LogP contribution in [0.4, 0.5) is 5.69 Å². The molecule has 0 aromatic heterocycles. The van der Waals surface area contributed by atoms with Gasteiger partial charge in [-0.05, 0) is 36.6 Å². The van der Waals surface area contributed by atoms with Crippen molar-refractivity contribution in [2.24, 2.45) is 0 Å². The average Bonchev–Trinajstić information content (AvgIpc) is 2.50. The van der Waals surface area contributed by atoms with E-state index in [0.29, 0.717) is 24.7 Å². The number of hydrogen-bond acceptors (Lipinski definition) is 5. The molecule has 2 rings (SSSR count). The van der Waals surface area contributed by atoms with Crippen molar-refractivity contribution in [2.45, 2.75) is 17.7 Å². The van der Waals surface area contributed by atoms with E-state index in [9.17, 15) is 8.42 Å². The van der Waals surface area contributed by atoms with E-state index in [1.54, 1.807) is 19.2 Å². The number of aryl methyl sites for hydroxylation is 1. The molecule has 1 heterocycles. The Morgan fingerprint density at radius 3 is 2.95 bits per heavy atom. The fraction of sp³-hybridized carbons (Fsp3) is 0.571. The van der Waals surface area contributed by atoms with Gasteiger partial charge in [0.1, 0.15) is 0 Å². The average molecular weight is 314 g/mol. The number of anilines is 1. The van der Waals surface area contributed by atoms with Gasteiger partial charge in [0.2, 0.25) is 10.0 Å². The largest absolute Gasteiger partial charge is 0.385 e. The van der Waals surface area contributed by atoms with Crippen LogP contribution in [0.3, 0.4) is 0 Å². The molecule has 0 saturated carbocycles. The van der Waals surface area contributed by atoms with E-state index in [4.69, 9.17) is 9.47 Å². The molecule has 1 aliphatic rings. The molecule has 0 fully saturated rings. The molecule has 0 bridgehead atoms. The van der Waals surface area contributed by atoms with Crippen LogP contribution in [0.15, 0.2) is 23.1 Å². The van der Waals surface area contributed by atoms with Gasteiger partial charge in [0, 0.05) is 25.9 Å². The van der Waals surface area contributed by atoms with E-state index >= 15 is 0 Å². The maximum absolute atomic E-state index is 12.2. The first kappa shape index (κ1) is 16.2. The Morgan fingerprint density at radius 2 is 2.14 bits per heavy atom. The Bertz CT molecular complexity index is 560. The molecule has 7 heteroatoms. The van der Waals surface area contributed by atoms with E-state index in [1.165, 1.54) is 0 Å².